The number of benzene rings is 1. The predicted molar refractivity (Wildman–Crippen MR) is 68.4 cm³/mol. The first-order valence-electron chi connectivity index (χ1n) is 5.42. The monoisotopic (exact) mass is 278 g/mol. The van der Waals surface area contributed by atoms with Crippen LogP contribution in [-0.4, -0.2) is 24.4 Å². The molecule has 1 aromatic carbocycles. The Bertz CT molecular complexity index is 402. The molecule has 0 radical (unpaired) electrons. The van der Waals surface area contributed by atoms with E-state index in [9.17, 15) is 13.6 Å². The first-order chi connectivity index (χ1) is 8.04. The molecule has 0 bridgehead atoms. The van der Waals surface area contributed by atoms with Crippen molar-refractivity contribution >= 4 is 18.3 Å². The van der Waals surface area contributed by atoms with Crippen LogP contribution in [0.3, 0.4) is 0 Å². The molecule has 0 aliphatic rings. The van der Waals surface area contributed by atoms with Crippen LogP contribution in [0.25, 0.3) is 0 Å². The largest absolute Gasteiger partial charge is 0.341 e. The third-order valence-corrected chi connectivity index (χ3v) is 2.42. The van der Waals surface area contributed by atoms with Crippen LogP contribution in [0.1, 0.15) is 18.4 Å². The van der Waals surface area contributed by atoms with Gasteiger partial charge in [0.2, 0.25) is 5.91 Å². The van der Waals surface area contributed by atoms with E-state index in [1.165, 1.54) is 11.0 Å². The lowest BCUT2D eigenvalue weighted by Gasteiger charge is -2.17. The van der Waals surface area contributed by atoms with E-state index < -0.39 is 11.6 Å². The Labute approximate surface area is 111 Å². The van der Waals surface area contributed by atoms with Gasteiger partial charge in [-0.3, -0.25) is 4.79 Å². The smallest absolute Gasteiger partial charge is 0.222 e. The van der Waals surface area contributed by atoms with Crippen molar-refractivity contribution in [2.75, 3.05) is 13.6 Å². The van der Waals surface area contributed by atoms with Crippen LogP contribution >= 0.6 is 12.4 Å². The first kappa shape index (κ1) is 16.8. The molecule has 1 amide bonds. The summed E-state index contributed by atoms with van der Waals surface area (Å²) in [6.07, 6.45) is 0.998. The van der Waals surface area contributed by atoms with Gasteiger partial charge >= 0.3 is 0 Å². The molecule has 0 fully saturated rings. The lowest BCUT2D eigenvalue weighted by atomic mass is 10.2. The van der Waals surface area contributed by atoms with Crippen molar-refractivity contribution in [3.63, 3.8) is 0 Å². The van der Waals surface area contributed by atoms with Crippen LogP contribution in [0.5, 0.6) is 0 Å². The molecular weight excluding hydrogens is 262 g/mol. The molecule has 0 aliphatic carbocycles. The molecule has 0 aromatic heterocycles. The number of hydrogen-bond donors (Lipinski definition) is 1. The highest BCUT2D eigenvalue weighted by atomic mass is 35.5. The highest BCUT2D eigenvalue weighted by molar-refractivity contribution is 5.85. The first-order valence-corrected chi connectivity index (χ1v) is 5.42. The minimum absolute atomic E-state index is 0. The molecular formula is C12H17ClF2N2O. The molecule has 0 atom stereocenters. The van der Waals surface area contributed by atoms with Crippen molar-refractivity contribution in [1.82, 2.24) is 4.90 Å². The zero-order chi connectivity index (χ0) is 12.8. The van der Waals surface area contributed by atoms with Crippen molar-refractivity contribution in [3.8, 4) is 0 Å². The maximum absolute atomic E-state index is 12.9. The van der Waals surface area contributed by atoms with E-state index in [-0.39, 0.29) is 24.9 Å². The Morgan fingerprint density at radius 3 is 2.56 bits per heavy atom. The van der Waals surface area contributed by atoms with Gasteiger partial charge in [-0.2, -0.15) is 0 Å². The fourth-order valence-corrected chi connectivity index (χ4v) is 1.44. The number of carbonyl (C=O) groups excluding carboxylic acids is 1. The Hall–Kier alpha value is -1.20. The van der Waals surface area contributed by atoms with Crippen LogP contribution in [0, 0.1) is 11.6 Å². The summed E-state index contributed by atoms with van der Waals surface area (Å²) in [4.78, 5) is 13.0. The van der Waals surface area contributed by atoms with Gasteiger partial charge in [-0.15, -0.1) is 12.4 Å². The molecule has 0 spiro atoms. The summed E-state index contributed by atoms with van der Waals surface area (Å²) in [6, 6.07) is 3.62. The maximum atomic E-state index is 12.9. The third-order valence-electron chi connectivity index (χ3n) is 2.42. The Balaban J connectivity index is 0.00000289. The Morgan fingerprint density at radius 1 is 1.33 bits per heavy atom. The van der Waals surface area contributed by atoms with E-state index in [2.05, 4.69) is 0 Å². The molecule has 1 rings (SSSR count). The van der Waals surface area contributed by atoms with Gasteiger partial charge in [0, 0.05) is 20.0 Å². The second kappa shape index (κ2) is 8.00. The Morgan fingerprint density at radius 2 is 2.00 bits per heavy atom. The van der Waals surface area contributed by atoms with E-state index in [4.69, 9.17) is 5.73 Å². The number of carbonyl (C=O) groups is 1. The van der Waals surface area contributed by atoms with Crippen LogP contribution in [0.15, 0.2) is 18.2 Å². The SMILES string of the molecule is CN(Cc1ccc(F)c(F)c1)C(=O)CCCN.Cl. The molecule has 0 saturated heterocycles. The summed E-state index contributed by atoms with van der Waals surface area (Å²) >= 11 is 0. The molecule has 0 aliphatic heterocycles. The van der Waals surface area contributed by atoms with Crippen LogP contribution in [0.2, 0.25) is 0 Å². The van der Waals surface area contributed by atoms with Gasteiger partial charge in [0.1, 0.15) is 0 Å². The van der Waals surface area contributed by atoms with Crippen LogP contribution in [-0.2, 0) is 11.3 Å². The van der Waals surface area contributed by atoms with Gasteiger partial charge in [-0.25, -0.2) is 8.78 Å². The molecule has 6 heteroatoms. The lowest BCUT2D eigenvalue weighted by Crippen LogP contribution is -2.26. The number of hydrogen-bond acceptors (Lipinski definition) is 2. The van der Waals surface area contributed by atoms with E-state index in [1.807, 2.05) is 0 Å². The molecule has 1 aromatic rings. The molecule has 102 valence electrons. The second-order valence-corrected chi connectivity index (χ2v) is 3.89. The van der Waals surface area contributed by atoms with E-state index in [0.717, 1.165) is 12.1 Å². The standard InChI is InChI=1S/C12H16F2N2O.ClH/c1-16(12(17)3-2-6-15)8-9-4-5-10(13)11(14)7-9;/h4-5,7H,2-3,6,8,15H2,1H3;1H. The molecule has 0 unspecified atom stereocenters. The van der Waals surface area contributed by atoms with Crippen molar-refractivity contribution in [2.45, 2.75) is 19.4 Å². The van der Waals surface area contributed by atoms with Crippen LogP contribution in [0.4, 0.5) is 8.78 Å². The van der Waals surface area contributed by atoms with E-state index >= 15 is 0 Å². The van der Waals surface area contributed by atoms with Gasteiger partial charge in [0.05, 0.1) is 0 Å². The number of halogens is 3. The quantitative estimate of drug-likeness (QED) is 0.896. The maximum Gasteiger partial charge on any atom is 0.222 e. The lowest BCUT2D eigenvalue weighted by molar-refractivity contribution is -0.130. The fourth-order valence-electron chi connectivity index (χ4n) is 1.44. The second-order valence-electron chi connectivity index (χ2n) is 3.89. The van der Waals surface area contributed by atoms with Crippen molar-refractivity contribution < 1.29 is 13.6 Å². The minimum atomic E-state index is -0.898. The Kier molecular flexibility index (Phi) is 7.47. The number of nitrogens with two attached hydrogens (primary N) is 1. The highest BCUT2D eigenvalue weighted by Gasteiger charge is 2.10. The van der Waals surface area contributed by atoms with Crippen molar-refractivity contribution in [1.29, 1.82) is 0 Å². The minimum Gasteiger partial charge on any atom is -0.341 e. The predicted octanol–water partition coefficient (Wildman–Crippen LogP) is 2.08. The van der Waals surface area contributed by atoms with Crippen molar-refractivity contribution in [2.24, 2.45) is 5.73 Å². The van der Waals surface area contributed by atoms with Gasteiger partial charge in [-0.1, -0.05) is 6.07 Å². The molecule has 3 nitrogen and oxygen atoms in total. The molecule has 18 heavy (non-hydrogen) atoms. The summed E-state index contributed by atoms with van der Waals surface area (Å²) in [5.41, 5.74) is 5.87. The van der Waals surface area contributed by atoms with Crippen molar-refractivity contribution in [3.05, 3.63) is 35.4 Å². The van der Waals surface area contributed by atoms with Gasteiger partial charge in [0.15, 0.2) is 11.6 Å². The zero-order valence-corrected chi connectivity index (χ0v) is 11.0. The topological polar surface area (TPSA) is 46.3 Å². The van der Waals surface area contributed by atoms with E-state index in [1.54, 1.807) is 7.05 Å². The summed E-state index contributed by atoms with van der Waals surface area (Å²) in [6.45, 7) is 0.728. The zero-order valence-electron chi connectivity index (χ0n) is 10.2. The third kappa shape index (κ3) is 4.98. The van der Waals surface area contributed by atoms with Gasteiger partial charge < -0.3 is 10.6 Å². The van der Waals surface area contributed by atoms with Crippen LogP contribution < -0.4 is 5.73 Å². The number of amides is 1. The van der Waals surface area contributed by atoms with Gasteiger partial charge in [0.25, 0.3) is 0 Å². The summed E-state index contributed by atoms with van der Waals surface area (Å²) in [5, 5.41) is 0. The summed E-state index contributed by atoms with van der Waals surface area (Å²) in [5.74, 6) is -1.84. The van der Waals surface area contributed by atoms with E-state index in [0.29, 0.717) is 24.9 Å². The number of nitrogens with zero attached hydrogens (tertiary/aromatic N) is 1. The average molecular weight is 279 g/mol. The van der Waals surface area contributed by atoms with Gasteiger partial charge in [-0.05, 0) is 30.7 Å². The normalized spacial score (nSPS) is 9.78. The average Bonchev–Trinajstić information content (AvgIpc) is 2.30. The molecule has 0 saturated carbocycles. The highest BCUT2D eigenvalue weighted by Crippen LogP contribution is 2.11. The summed E-state index contributed by atoms with van der Waals surface area (Å²) < 4.78 is 25.6. The molecule has 0 heterocycles. The fraction of sp³-hybridized carbons (Fsp3) is 0.417. The molecule has 2 N–H and O–H groups in total. The number of rotatable bonds is 5. The summed E-state index contributed by atoms with van der Waals surface area (Å²) in [7, 11) is 1.63.